The summed E-state index contributed by atoms with van der Waals surface area (Å²) in [6, 6.07) is 15.4. The van der Waals surface area contributed by atoms with Gasteiger partial charge in [0.2, 0.25) is 5.91 Å². The van der Waals surface area contributed by atoms with Crippen molar-refractivity contribution in [2.24, 2.45) is 0 Å². The second-order valence-electron chi connectivity index (χ2n) is 7.52. The molecule has 0 saturated carbocycles. The van der Waals surface area contributed by atoms with Crippen molar-refractivity contribution in [1.82, 2.24) is 10.2 Å². The van der Waals surface area contributed by atoms with Gasteiger partial charge < -0.3 is 16.0 Å². The number of rotatable bonds is 5. The van der Waals surface area contributed by atoms with Crippen LogP contribution in [-0.2, 0) is 4.79 Å². The van der Waals surface area contributed by atoms with E-state index in [0.717, 1.165) is 30.4 Å². The average Bonchev–Trinajstić information content (AvgIpc) is 2.72. The van der Waals surface area contributed by atoms with E-state index < -0.39 is 0 Å². The van der Waals surface area contributed by atoms with Gasteiger partial charge in [-0.25, -0.2) is 0 Å². The number of nitrogens with one attached hydrogen (secondary N) is 1. The van der Waals surface area contributed by atoms with Crippen molar-refractivity contribution < 1.29 is 9.59 Å². The van der Waals surface area contributed by atoms with E-state index in [1.54, 1.807) is 12.1 Å². The predicted octanol–water partition coefficient (Wildman–Crippen LogP) is 3.49. The number of piperidine rings is 1. The van der Waals surface area contributed by atoms with Crippen LogP contribution < -0.4 is 11.1 Å². The van der Waals surface area contributed by atoms with E-state index in [-0.39, 0.29) is 23.8 Å². The summed E-state index contributed by atoms with van der Waals surface area (Å²) in [6.45, 7) is 5.30. The molecule has 28 heavy (non-hydrogen) atoms. The van der Waals surface area contributed by atoms with Crippen LogP contribution in [0.3, 0.4) is 0 Å². The van der Waals surface area contributed by atoms with Gasteiger partial charge in [0.1, 0.15) is 0 Å². The SMILES string of the molecule is CCC(C(=O)N1CCC(NC(=O)c2ccc(N)c(C)c2)CC1)c1ccccc1. The summed E-state index contributed by atoms with van der Waals surface area (Å²) >= 11 is 0. The minimum atomic E-state index is -0.0925. The fraction of sp³-hybridized carbons (Fsp3) is 0.391. The molecular weight excluding hydrogens is 350 g/mol. The number of carbonyl (C=O) groups is 2. The van der Waals surface area contributed by atoms with Crippen LogP contribution in [0.5, 0.6) is 0 Å². The number of nitrogens with zero attached hydrogens (tertiary/aromatic N) is 1. The number of nitrogen functional groups attached to an aromatic ring is 1. The van der Waals surface area contributed by atoms with E-state index in [1.165, 1.54) is 0 Å². The number of aryl methyl sites for hydroxylation is 1. The Balaban J connectivity index is 1.55. The Morgan fingerprint density at radius 2 is 1.82 bits per heavy atom. The maximum Gasteiger partial charge on any atom is 0.251 e. The monoisotopic (exact) mass is 379 g/mol. The topological polar surface area (TPSA) is 75.4 Å². The Morgan fingerprint density at radius 1 is 1.14 bits per heavy atom. The molecule has 148 valence electrons. The zero-order chi connectivity index (χ0) is 20.1. The highest BCUT2D eigenvalue weighted by Gasteiger charge is 2.28. The number of amides is 2. The average molecular weight is 380 g/mol. The van der Waals surface area contributed by atoms with E-state index in [1.807, 2.05) is 48.2 Å². The third-order valence-electron chi connectivity index (χ3n) is 5.58. The van der Waals surface area contributed by atoms with E-state index in [2.05, 4.69) is 12.2 Å². The molecule has 2 aromatic carbocycles. The van der Waals surface area contributed by atoms with Gasteiger partial charge in [0.25, 0.3) is 5.91 Å². The largest absolute Gasteiger partial charge is 0.399 e. The van der Waals surface area contributed by atoms with Gasteiger partial charge in [-0.05, 0) is 55.5 Å². The normalized spacial score (nSPS) is 15.9. The zero-order valence-electron chi connectivity index (χ0n) is 16.7. The fourth-order valence-electron chi connectivity index (χ4n) is 3.79. The molecule has 1 aliphatic rings. The maximum absolute atomic E-state index is 13.0. The quantitative estimate of drug-likeness (QED) is 0.781. The summed E-state index contributed by atoms with van der Waals surface area (Å²) in [6.07, 6.45) is 2.34. The van der Waals surface area contributed by atoms with Crippen LogP contribution in [0.4, 0.5) is 5.69 Å². The van der Waals surface area contributed by atoms with Crippen LogP contribution in [0.25, 0.3) is 0 Å². The van der Waals surface area contributed by atoms with Crippen LogP contribution in [0, 0.1) is 6.92 Å². The molecule has 1 unspecified atom stereocenters. The number of carbonyl (C=O) groups excluding carboxylic acids is 2. The Kier molecular flexibility index (Phi) is 6.34. The first-order valence-electron chi connectivity index (χ1n) is 10.00. The van der Waals surface area contributed by atoms with Crippen molar-refractivity contribution in [3.8, 4) is 0 Å². The smallest absolute Gasteiger partial charge is 0.251 e. The molecule has 1 heterocycles. The molecule has 0 aromatic heterocycles. The third-order valence-corrected chi connectivity index (χ3v) is 5.58. The van der Waals surface area contributed by atoms with Crippen molar-refractivity contribution in [1.29, 1.82) is 0 Å². The molecular formula is C23H29N3O2. The van der Waals surface area contributed by atoms with Crippen molar-refractivity contribution >= 4 is 17.5 Å². The number of likely N-dealkylation sites (tertiary alicyclic amines) is 1. The maximum atomic E-state index is 13.0. The summed E-state index contributed by atoms with van der Waals surface area (Å²) in [5.74, 6) is 0.0151. The summed E-state index contributed by atoms with van der Waals surface area (Å²) in [4.78, 5) is 27.4. The van der Waals surface area contributed by atoms with Gasteiger partial charge in [-0.1, -0.05) is 37.3 Å². The highest BCUT2D eigenvalue weighted by Crippen LogP contribution is 2.24. The number of hydrogen-bond donors (Lipinski definition) is 2. The van der Waals surface area contributed by atoms with Gasteiger partial charge in [0.05, 0.1) is 5.92 Å². The Hall–Kier alpha value is -2.82. The van der Waals surface area contributed by atoms with Crippen molar-refractivity contribution in [2.45, 2.75) is 45.1 Å². The highest BCUT2D eigenvalue weighted by molar-refractivity contribution is 5.95. The first-order valence-corrected chi connectivity index (χ1v) is 10.00. The number of benzene rings is 2. The molecule has 0 bridgehead atoms. The Bertz CT molecular complexity index is 827. The number of nitrogens with two attached hydrogens (primary N) is 1. The lowest BCUT2D eigenvalue weighted by Gasteiger charge is -2.34. The lowest BCUT2D eigenvalue weighted by atomic mass is 9.93. The van der Waals surface area contributed by atoms with E-state index in [0.29, 0.717) is 24.3 Å². The second kappa shape index (κ2) is 8.91. The summed E-state index contributed by atoms with van der Waals surface area (Å²) in [5, 5.41) is 3.10. The Morgan fingerprint density at radius 3 is 2.43 bits per heavy atom. The van der Waals surface area contributed by atoms with Crippen molar-refractivity contribution in [2.75, 3.05) is 18.8 Å². The highest BCUT2D eigenvalue weighted by atomic mass is 16.2. The number of anilines is 1. The van der Waals surface area contributed by atoms with Gasteiger partial charge in [0.15, 0.2) is 0 Å². The molecule has 2 aromatic rings. The van der Waals surface area contributed by atoms with Gasteiger partial charge in [-0.15, -0.1) is 0 Å². The molecule has 2 amide bonds. The molecule has 1 fully saturated rings. The van der Waals surface area contributed by atoms with Crippen LogP contribution in [0.1, 0.15) is 53.6 Å². The first-order chi connectivity index (χ1) is 13.5. The minimum Gasteiger partial charge on any atom is -0.399 e. The molecule has 5 heteroatoms. The molecule has 0 radical (unpaired) electrons. The predicted molar refractivity (Wildman–Crippen MR) is 112 cm³/mol. The molecule has 1 saturated heterocycles. The third kappa shape index (κ3) is 4.53. The molecule has 5 nitrogen and oxygen atoms in total. The summed E-state index contributed by atoms with van der Waals surface area (Å²) in [7, 11) is 0. The van der Waals surface area contributed by atoms with Crippen LogP contribution in [0.15, 0.2) is 48.5 Å². The molecule has 1 aliphatic heterocycles. The van der Waals surface area contributed by atoms with Crippen molar-refractivity contribution in [3.05, 3.63) is 65.2 Å². The van der Waals surface area contributed by atoms with Gasteiger partial charge in [-0.2, -0.15) is 0 Å². The molecule has 0 aliphatic carbocycles. The fourth-order valence-corrected chi connectivity index (χ4v) is 3.79. The first kappa shape index (κ1) is 19.9. The van der Waals surface area contributed by atoms with Gasteiger partial charge in [-0.3, -0.25) is 9.59 Å². The van der Waals surface area contributed by atoms with Crippen molar-refractivity contribution in [3.63, 3.8) is 0 Å². The van der Waals surface area contributed by atoms with Gasteiger partial charge >= 0.3 is 0 Å². The molecule has 1 atom stereocenters. The van der Waals surface area contributed by atoms with Gasteiger partial charge in [0, 0.05) is 30.4 Å². The van der Waals surface area contributed by atoms with E-state index >= 15 is 0 Å². The zero-order valence-corrected chi connectivity index (χ0v) is 16.7. The molecule has 3 N–H and O–H groups in total. The van der Waals surface area contributed by atoms with Crippen LogP contribution >= 0.6 is 0 Å². The summed E-state index contributed by atoms with van der Waals surface area (Å²) in [5.41, 5.74) is 9.11. The van der Waals surface area contributed by atoms with E-state index in [4.69, 9.17) is 5.73 Å². The Labute approximate surface area is 166 Å². The lowest BCUT2D eigenvalue weighted by Crippen LogP contribution is -2.47. The summed E-state index contributed by atoms with van der Waals surface area (Å²) < 4.78 is 0. The lowest BCUT2D eigenvalue weighted by molar-refractivity contribution is -0.134. The standard InChI is InChI=1S/C23H29N3O2/c1-3-20(17-7-5-4-6-8-17)23(28)26-13-11-19(12-14-26)25-22(27)18-9-10-21(24)16(2)15-18/h4-10,15,19-20H,3,11-14,24H2,1-2H3,(H,25,27). The van der Waals surface area contributed by atoms with E-state index in [9.17, 15) is 9.59 Å². The van der Waals surface area contributed by atoms with Crippen LogP contribution in [0.2, 0.25) is 0 Å². The second-order valence-corrected chi connectivity index (χ2v) is 7.52. The van der Waals surface area contributed by atoms with Crippen LogP contribution in [-0.4, -0.2) is 35.8 Å². The molecule has 3 rings (SSSR count). The molecule has 0 spiro atoms. The number of hydrogen-bond acceptors (Lipinski definition) is 3. The minimum absolute atomic E-state index is 0.0800.